The maximum absolute atomic E-state index is 5.79. The molecule has 19 heavy (non-hydrogen) atoms. The average molecular weight is 264 g/mol. The molecule has 0 spiro atoms. The van der Waals surface area contributed by atoms with Crippen LogP contribution in [0.2, 0.25) is 0 Å². The summed E-state index contributed by atoms with van der Waals surface area (Å²) in [6, 6.07) is 4.03. The van der Waals surface area contributed by atoms with E-state index in [1.807, 2.05) is 12.3 Å². The normalized spacial score (nSPS) is 13.6. The van der Waals surface area contributed by atoms with E-state index in [1.165, 1.54) is 5.56 Å². The maximum Gasteiger partial charge on any atom is 0.213 e. The third-order valence-corrected chi connectivity index (χ3v) is 2.75. The summed E-state index contributed by atoms with van der Waals surface area (Å²) in [6.07, 6.45) is 3.15. The Kier molecular flexibility index (Phi) is 5.80. The van der Waals surface area contributed by atoms with Crippen LogP contribution in [0.25, 0.3) is 0 Å². The molecule has 1 unspecified atom stereocenters. The van der Waals surface area contributed by atoms with Crippen LogP contribution in [0.5, 0.6) is 5.88 Å². The first kappa shape index (κ1) is 16.0. The van der Waals surface area contributed by atoms with Gasteiger partial charge in [-0.15, -0.1) is 0 Å². The minimum Gasteiger partial charge on any atom is -0.475 e. The lowest BCUT2D eigenvalue weighted by molar-refractivity contribution is 0.185. The van der Waals surface area contributed by atoms with Gasteiger partial charge in [0.15, 0.2) is 0 Å². The summed E-state index contributed by atoms with van der Waals surface area (Å²) in [5.41, 5.74) is 1.31. The van der Waals surface area contributed by atoms with Crippen LogP contribution in [0.3, 0.4) is 0 Å². The number of nitrogens with one attached hydrogen (secondary N) is 1. The summed E-state index contributed by atoms with van der Waals surface area (Å²) in [4.78, 5) is 4.36. The lowest BCUT2D eigenvalue weighted by atomic mass is 10.1. The van der Waals surface area contributed by atoms with Crippen molar-refractivity contribution in [1.82, 2.24) is 10.3 Å². The second-order valence-electron chi connectivity index (χ2n) is 6.67. The van der Waals surface area contributed by atoms with E-state index in [2.05, 4.69) is 57.9 Å². The van der Waals surface area contributed by atoms with Crippen LogP contribution in [0.4, 0.5) is 0 Å². The highest BCUT2D eigenvalue weighted by Gasteiger charge is 2.10. The fourth-order valence-electron chi connectivity index (χ4n) is 1.87. The Morgan fingerprint density at radius 3 is 2.37 bits per heavy atom. The van der Waals surface area contributed by atoms with Gasteiger partial charge in [-0.05, 0) is 45.6 Å². The third-order valence-electron chi connectivity index (χ3n) is 2.75. The molecule has 108 valence electrons. The monoisotopic (exact) mass is 264 g/mol. The topological polar surface area (TPSA) is 34.1 Å². The van der Waals surface area contributed by atoms with Crippen LogP contribution in [-0.2, 0) is 6.54 Å². The largest absolute Gasteiger partial charge is 0.475 e. The van der Waals surface area contributed by atoms with Crippen molar-refractivity contribution in [2.45, 2.75) is 66.2 Å². The molecule has 0 bridgehead atoms. The van der Waals surface area contributed by atoms with Gasteiger partial charge in [-0.25, -0.2) is 4.98 Å². The van der Waals surface area contributed by atoms with Gasteiger partial charge in [0.25, 0.3) is 0 Å². The van der Waals surface area contributed by atoms with Crippen molar-refractivity contribution in [3.05, 3.63) is 23.9 Å². The van der Waals surface area contributed by atoms with Gasteiger partial charge in [0.2, 0.25) is 5.88 Å². The Hall–Kier alpha value is -1.09. The predicted molar refractivity (Wildman–Crippen MR) is 80.4 cm³/mol. The summed E-state index contributed by atoms with van der Waals surface area (Å²) in [5.74, 6) is 1.36. The molecular formula is C16H28N2O. The Balaban J connectivity index is 2.47. The third kappa shape index (κ3) is 7.16. The van der Waals surface area contributed by atoms with Crippen molar-refractivity contribution in [3.8, 4) is 5.88 Å². The van der Waals surface area contributed by atoms with E-state index in [1.54, 1.807) is 0 Å². The van der Waals surface area contributed by atoms with E-state index in [-0.39, 0.29) is 11.6 Å². The summed E-state index contributed by atoms with van der Waals surface area (Å²) in [5, 5.41) is 3.44. The Morgan fingerprint density at radius 1 is 1.21 bits per heavy atom. The molecule has 0 aromatic carbocycles. The van der Waals surface area contributed by atoms with Gasteiger partial charge in [0.05, 0.1) is 6.10 Å². The molecule has 0 radical (unpaired) electrons. The van der Waals surface area contributed by atoms with E-state index in [0.717, 1.165) is 13.0 Å². The van der Waals surface area contributed by atoms with Crippen LogP contribution >= 0.6 is 0 Å². The number of pyridine rings is 1. The summed E-state index contributed by atoms with van der Waals surface area (Å²) < 4.78 is 5.79. The van der Waals surface area contributed by atoms with Gasteiger partial charge in [-0.1, -0.05) is 19.9 Å². The van der Waals surface area contributed by atoms with E-state index >= 15 is 0 Å². The van der Waals surface area contributed by atoms with Crippen molar-refractivity contribution in [1.29, 1.82) is 0 Å². The molecule has 1 aromatic heterocycles. The molecule has 3 heteroatoms. The molecule has 0 aliphatic rings. The lowest BCUT2D eigenvalue weighted by Crippen LogP contribution is -2.35. The number of nitrogens with zero attached hydrogens (tertiary/aromatic N) is 1. The first-order chi connectivity index (χ1) is 8.76. The van der Waals surface area contributed by atoms with E-state index in [4.69, 9.17) is 4.74 Å². The van der Waals surface area contributed by atoms with Crippen molar-refractivity contribution >= 4 is 0 Å². The molecule has 3 nitrogen and oxygen atoms in total. The molecule has 1 N–H and O–H groups in total. The second-order valence-corrected chi connectivity index (χ2v) is 6.67. The van der Waals surface area contributed by atoms with Crippen LogP contribution in [0.15, 0.2) is 18.3 Å². The molecular weight excluding hydrogens is 236 g/mol. The zero-order valence-corrected chi connectivity index (χ0v) is 13.2. The lowest BCUT2D eigenvalue weighted by Gasteiger charge is -2.20. The fourth-order valence-corrected chi connectivity index (χ4v) is 1.87. The van der Waals surface area contributed by atoms with Crippen LogP contribution in [0.1, 0.15) is 53.5 Å². The number of rotatable bonds is 6. The number of ether oxygens (including phenoxy) is 1. The number of aromatic nitrogens is 1. The van der Waals surface area contributed by atoms with E-state index in [9.17, 15) is 0 Å². The standard InChI is InChI=1S/C16H28N2O/c1-12(2)9-13(3)19-15-8-7-14(10-17-15)11-18-16(4,5)6/h7-8,10,12-13,18H,9,11H2,1-6H3. The van der Waals surface area contributed by atoms with Gasteiger partial charge in [-0.2, -0.15) is 0 Å². The minimum atomic E-state index is 0.126. The average Bonchev–Trinajstić information content (AvgIpc) is 2.26. The van der Waals surface area contributed by atoms with Gasteiger partial charge in [0, 0.05) is 24.3 Å². The molecule has 1 rings (SSSR count). The maximum atomic E-state index is 5.79. The van der Waals surface area contributed by atoms with Crippen molar-refractivity contribution in [3.63, 3.8) is 0 Å². The molecule has 1 atom stereocenters. The van der Waals surface area contributed by atoms with Crippen LogP contribution in [0, 0.1) is 5.92 Å². The number of hydrogen-bond donors (Lipinski definition) is 1. The summed E-state index contributed by atoms with van der Waals surface area (Å²) in [7, 11) is 0. The SMILES string of the molecule is CC(C)CC(C)Oc1ccc(CNC(C)(C)C)cn1. The van der Waals surface area contributed by atoms with Gasteiger partial charge >= 0.3 is 0 Å². The smallest absolute Gasteiger partial charge is 0.213 e. The van der Waals surface area contributed by atoms with Crippen molar-refractivity contribution < 1.29 is 4.74 Å². The highest BCUT2D eigenvalue weighted by atomic mass is 16.5. The first-order valence-electron chi connectivity index (χ1n) is 7.13. The van der Waals surface area contributed by atoms with Crippen molar-refractivity contribution in [2.24, 2.45) is 5.92 Å². The second kappa shape index (κ2) is 6.90. The molecule has 1 heterocycles. The Labute approximate surface area is 117 Å². The van der Waals surface area contributed by atoms with Crippen molar-refractivity contribution in [2.75, 3.05) is 0 Å². The number of hydrogen-bond acceptors (Lipinski definition) is 3. The molecule has 1 aromatic rings. The highest BCUT2D eigenvalue weighted by Crippen LogP contribution is 2.14. The summed E-state index contributed by atoms with van der Waals surface area (Å²) in [6.45, 7) is 13.8. The van der Waals surface area contributed by atoms with Gasteiger partial charge in [-0.3, -0.25) is 0 Å². The fraction of sp³-hybridized carbons (Fsp3) is 0.688. The molecule has 0 fully saturated rings. The van der Waals surface area contributed by atoms with E-state index < -0.39 is 0 Å². The quantitative estimate of drug-likeness (QED) is 0.849. The molecule has 0 amide bonds. The van der Waals surface area contributed by atoms with Crippen LogP contribution < -0.4 is 10.1 Å². The Morgan fingerprint density at radius 2 is 1.89 bits per heavy atom. The highest BCUT2D eigenvalue weighted by molar-refractivity contribution is 5.18. The molecule has 0 aliphatic heterocycles. The van der Waals surface area contributed by atoms with Crippen LogP contribution in [-0.4, -0.2) is 16.6 Å². The minimum absolute atomic E-state index is 0.126. The van der Waals surface area contributed by atoms with E-state index in [0.29, 0.717) is 11.8 Å². The first-order valence-corrected chi connectivity index (χ1v) is 7.13. The zero-order chi connectivity index (χ0) is 14.5. The van der Waals surface area contributed by atoms with Gasteiger partial charge in [0.1, 0.15) is 0 Å². The van der Waals surface area contributed by atoms with Gasteiger partial charge < -0.3 is 10.1 Å². The zero-order valence-electron chi connectivity index (χ0n) is 13.2. The molecule has 0 saturated heterocycles. The molecule has 0 aliphatic carbocycles. The summed E-state index contributed by atoms with van der Waals surface area (Å²) >= 11 is 0. The predicted octanol–water partition coefficient (Wildman–Crippen LogP) is 3.78. The molecule has 0 saturated carbocycles. The Bertz CT molecular complexity index is 365.